The lowest BCUT2D eigenvalue weighted by molar-refractivity contribution is -0.120. The lowest BCUT2D eigenvalue weighted by Gasteiger charge is -2.21. The molecule has 1 fully saturated rings. The van der Waals surface area contributed by atoms with Gasteiger partial charge in [-0.2, -0.15) is 0 Å². The average Bonchev–Trinajstić information content (AvgIpc) is 2.76. The van der Waals surface area contributed by atoms with Crippen LogP contribution in [0, 0.1) is 5.92 Å². The lowest BCUT2D eigenvalue weighted by Crippen LogP contribution is -2.34. The van der Waals surface area contributed by atoms with Crippen molar-refractivity contribution >= 4 is 34.2 Å². The summed E-state index contributed by atoms with van der Waals surface area (Å²) in [4.78, 5) is 21.0. The summed E-state index contributed by atoms with van der Waals surface area (Å²) in [5.41, 5.74) is 0.866. The summed E-state index contributed by atoms with van der Waals surface area (Å²) in [6, 6.07) is 7.80. The highest BCUT2D eigenvalue weighted by molar-refractivity contribution is 5.95. The number of nitrogens with zero attached hydrogens (tertiary/aromatic N) is 2. The van der Waals surface area contributed by atoms with E-state index in [-0.39, 0.29) is 11.8 Å². The predicted octanol–water partition coefficient (Wildman–Crippen LogP) is 2.80. The molecule has 0 saturated carbocycles. The van der Waals surface area contributed by atoms with E-state index < -0.39 is 0 Å². The van der Waals surface area contributed by atoms with Gasteiger partial charge >= 0.3 is 0 Å². The first kappa shape index (κ1) is 21.0. The Labute approximate surface area is 171 Å². The number of hydrogen-bond donors (Lipinski definition) is 3. The van der Waals surface area contributed by atoms with Crippen molar-refractivity contribution < 1.29 is 9.53 Å². The van der Waals surface area contributed by atoms with Gasteiger partial charge in [-0.25, -0.2) is 4.98 Å². The standard InChI is InChI=1S/C22H29N5O2/c1-15(29-21(24-3)8-9-23-2)17-4-5-18-14-26-20(13-19(18)12-17)27-22(28)16-6-10-25-11-7-16/h4-5,12-14,16,23,25H,1,6-11H2,2-3H3,(H,26,27,28). The highest BCUT2D eigenvalue weighted by Gasteiger charge is 2.21. The van der Waals surface area contributed by atoms with Crippen LogP contribution in [0.3, 0.4) is 0 Å². The predicted molar refractivity (Wildman–Crippen MR) is 118 cm³/mol. The molecular weight excluding hydrogens is 366 g/mol. The number of piperidine rings is 1. The van der Waals surface area contributed by atoms with E-state index in [4.69, 9.17) is 4.74 Å². The molecule has 0 radical (unpaired) electrons. The molecule has 7 nitrogen and oxygen atoms in total. The molecule has 1 aliphatic rings. The van der Waals surface area contributed by atoms with Crippen LogP contribution >= 0.6 is 0 Å². The van der Waals surface area contributed by atoms with Crippen LogP contribution in [-0.2, 0) is 9.53 Å². The number of fused-ring (bicyclic) bond motifs is 1. The number of ether oxygens (including phenoxy) is 1. The first-order chi connectivity index (χ1) is 14.1. The first-order valence-electron chi connectivity index (χ1n) is 9.99. The van der Waals surface area contributed by atoms with Gasteiger partial charge in [0, 0.05) is 43.1 Å². The number of rotatable bonds is 7. The monoisotopic (exact) mass is 395 g/mol. The minimum absolute atomic E-state index is 0.0376. The number of anilines is 1. The Morgan fingerprint density at radius 2 is 2.10 bits per heavy atom. The lowest BCUT2D eigenvalue weighted by atomic mass is 9.97. The molecule has 0 bridgehead atoms. The molecule has 3 N–H and O–H groups in total. The molecule has 2 heterocycles. The number of benzene rings is 1. The molecule has 2 aromatic rings. The van der Waals surface area contributed by atoms with Gasteiger partial charge in [-0.3, -0.25) is 9.79 Å². The molecule has 0 spiro atoms. The van der Waals surface area contributed by atoms with E-state index in [9.17, 15) is 4.79 Å². The summed E-state index contributed by atoms with van der Waals surface area (Å²) in [7, 11) is 3.60. The highest BCUT2D eigenvalue weighted by atomic mass is 16.5. The third kappa shape index (κ3) is 5.62. The summed E-state index contributed by atoms with van der Waals surface area (Å²) in [6.07, 6.45) is 4.17. The van der Waals surface area contributed by atoms with Crippen LogP contribution in [0.2, 0.25) is 0 Å². The minimum Gasteiger partial charge on any atom is -0.443 e. The number of amides is 1. The van der Waals surface area contributed by atoms with Crippen molar-refractivity contribution in [3.63, 3.8) is 0 Å². The van der Waals surface area contributed by atoms with E-state index in [1.165, 1.54) is 0 Å². The number of aromatic nitrogens is 1. The highest BCUT2D eigenvalue weighted by Crippen LogP contribution is 2.24. The second-order valence-corrected chi connectivity index (χ2v) is 7.14. The summed E-state index contributed by atoms with van der Waals surface area (Å²) in [6.45, 7) is 6.59. The van der Waals surface area contributed by atoms with Crippen LogP contribution in [0.5, 0.6) is 0 Å². The van der Waals surface area contributed by atoms with E-state index in [0.717, 1.165) is 48.8 Å². The first-order valence-corrected chi connectivity index (χ1v) is 9.99. The molecule has 29 heavy (non-hydrogen) atoms. The normalized spacial score (nSPS) is 15.3. The van der Waals surface area contributed by atoms with E-state index >= 15 is 0 Å². The van der Waals surface area contributed by atoms with Crippen molar-refractivity contribution in [2.75, 3.05) is 39.0 Å². The van der Waals surface area contributed by atoms with Gasteiger partial charge in [0.1, 0.15) is 11.6 Å². The van der Waals surface area contributed by atoms with Crippen LogP contribution in [0.1, 0.15) is 24.8 Å². The molecule has 0 unspecified atom stereocenters. The number of carbonyl (C=O) groups is 1. The summed E-state index contributed by atoms with van der Waals surface area (Å²) >= 11 is 0. The van der Waals surface area contributed by atoms with Crippen molar-refractivity contribution in [2.24, 2.45) is 10.9 Å². The second-order valence-electron chi connectivity index (χ2n) is 7.14. The third-order valence-electron chi connectivity index (χ3n) is 5.08. The molecule has 1 aromatic heterocycles. The van der Waals surface area contributed by atoms with E-state index in [1.807, 2.05) is 31.3 Å². The van der Waals surface area contributed by atoms with Crippen molar-refractivity contribution in [2.45, 2.75) is 19.3 Å². The molecule has 1 aromatic carbocycles. The quantitative estimate of drug-likeness (QED) is 0.381. The van der Waals surface area contributed by atoms with Crippen molar-refractivity contribution in [1.29, 1.82) is 0 Å². The Balaban J connectivity index is 1.72. The van der Waals surface area contributed by atoms with Crippen LogP contribution < -0.4 is 16.0 Å². The largest absolute Gasteiger partial charge is 0.443 e. The molecule has 1 saturated heterocycles. The van der Waals surface area contributed by atoms with Gasteiger partial charge in [-0.15, -0.1) is 0 Å². The third-order valence-corrected chi connectivity index (χ3v) is 5.08. The van der Waals surface area contributed by atoms with Crippen molar-refractivity contribution in [3.8, 4) is 0 Å². The number of nitrogens with one attached hydrogen (secondary N) is 3. The number of carbonyl (C=O) groups excluding carboxylic acids is 1. The maximum absolute atomic E-state index is 12.5. The SMILES string of the molecule is C=C(OC(CCNC)=NC)c1ccc2cnc(NC(=O)C3CCNCC3)cc2c1. The van der Waals surface area contributed by atoms with Crippen LogP contribution in [0.25, 0.3) is 16.5 Å². The molecular formula is C22H29N5O2. The Hall–Kier alpha value is -2.77. The fourth-order valence-electron chi connectivity index (χ4n) is 3.34. The fourth-order valence-corrected chi connectivity index (χ4v) is 3.34. The van der Waals surface area contributed by atoms with Gasteiger partial charge in [0.25, 0.3) is 0 Å². The van der Waals surface area contributed by atoms with E-state index in [0.29, 0.717) is 23.9 Å². The van der Waals surface area contributed by atoms with Crippen LogP contribution in [0.4, 0.5) is 5.82 Å². The van der Waals surface area contributed by atoms with E-state index in [2.05, 4.69) is 32.5 Å². The van der Waals surface area contributed by atoms with E-state index in [1.54, 1.807) is 13.2 Å². The number of aliphatic imine (C=N–C) groups is 1. The Kier molecular flexibility index (Phi) is 7.32. The molecule has 1 aliphatic heterocycles. The molecule has 3 rings (SSSR count). The summed E-state index contributed by atoms with van der Waals surface area (Å²) in [5.74, 6) is 1.82. The van der Waals surface area contributed by atoms with Crippen molar-refractivity contribution in [3.05, 3.63) is 42.6 Å². The van der Waals surface area contributed by atoms with Gasteiger partial charge in [0.05, 0.1) is 0 Å². The molecule has 0 atom stereocenters. The number of pyridine rings is 1. The zero-order chi connectivity index (χ0) is 20.6. The fraction of sp³-hybridized carbons (Fsp3) is 0.409. The summed E-state index contributed by atoms with van der Waals surface area (Å²) < 4.78 is 5.84. The second kappa shape index (κ2) is 10.1. The van der Waals surface area contributed by atoms with Crippen LogP contribution in [0.15, 0.2) is 42.0 Å². The zero-order valence-corrected chi connectivity index (χ0v) is 17.1. The van der Waals surface area contributed by atoms with Crippen molar-refractivity contribution in [1.82, 2.24) is 15.6 Å². The molecule has 0 aliphatic carbocycles. The Morgan fingerprint density at radius 3 is 2.83 bits per heavy atom. The molecule has 7 heteroatoms. The maximum Gasteiger partial charge on any atom is 0.228 e. The Bertz CT molecular complexity index is 903. The zero-order valence-electron chi connectivity index (χ0n) is 17.1. The average molecular weight is 396 g/mol. The van der Waals surface area contributed by atoms with Gasteiger partial charge in [-0.05, 0) is 50.5 Å². The van der Waals surface area contributed by atoms with Crippen LogP contribution in [-0.4, -0.2) is 50.5 Å². The smallest absolute Gasteiger partial charge is 0.228 e. The topological polar surface area (TPSA) is 87.6 Å². The number of hydrogen-bond acceptors (Lipinski definition) is 6. The van der Waals surface area contributed by atoms with Gasteiger partial charge in [-0.1, -0.05) is 18.7 Å². The Morgan fingerprint density at radius 1 is 1.31 bits per heavy atom. The maximum atomic E-state index is 12.5. The van der Waals surface area contributed by atoms with Gasteiger partial charge in [0.2, 0.25) is 5.91 Å². The molecule has 154 valence electrons. The van der Waals surface area contributed by atoms with Gasteiger partial charge < -0.3 is 20.7 Å². The summed E-state index contributed by atoms with van der Waals surface area (Å²) in [5, 5.41) is 11.3. The minimum atomic E-state index is 0.0376. The molecule has 1 amide bonds. The van der Waals surface area contributed by atoms with Gasteiger partial charge in [0.15, 0.2) is 5.90 Å².